The SMILES string of the molecule is COC(=O)/C=C/c1c(C)cc(C(=O)OC)cc1C(=O)c1ccccc1. The van der Waals surface area contributed by atoms with Gasteiger partial charge in [0.25, 0.3) is 0 Å². The molecule has 0 atom stereocenters. The third-order valence-corrected chi connectivity index (χ3v) is 3.68. The molecule has 2 rings (SSSR count). The average Bonchev–Trinajstić information content (AvgIpc) is 2.65. The zero-order valence-corrected chi connectivity index (χ0v) is 14.2. The Kier molecular flexibility index (Phi) is 5.84. The van der Waals surface area contributed by atoms with Gasteiger partial charge in [0.1, 0.15) is 0 Å². The van der Waals surface area contributed by atoms with Crippen LogP contribution < -0.4 is 0 Å². The standard InChI is InChI=1S/C20H18O5/c1-13-11-15(20(23)25-3)12-17(16(13)9-10-18(21)24-2)19(22)14-7-5-4-6-8-14/h4-12H,1-3H3/b10-9+. The van der Waals surface area contributed by atoms with E-state index in [0.717, 1.165) is 0 Å². The molecule has 0 unspecified atom stereocenters. The van der Waals surface area contributed by atoms with Crippen LogP contribution in [0.5, 0.6) is 0 Å². The van der Waals surface area contributed by atoms with Crippen LogP contribution in [0.4, 0.5) is 0 Å². The first kappa shape index (κ1) is 18.1. The molecule has 0 heterocycles. The second kappa shape index (κ2) is 8.06. The van der Waals surface area contributed by atoms with Crippen molar-refractivity contribution < 1.29 is 23.9 Å². The molecule has 25 heavy (non-hydrogen) atoms. The van der Waals surface area contributed by atoms with Crippen molar-refractivity contribution in [2.75, 3.05) is 14.2 Å². The fraction of sp³-hybridized carbons (Fsp3) is 0.150. The fourth-order valence-electron chi connectivity index (χ4n) is 2.41. The maximum Gasteiger partial charge on any atom is 0.337 e. The van der Waals surface area contributed by atoms with Crippen molar-refractivity contribution in [3.05, 3.63) is 76.4 Å². The molecule has 0 saturated heterocycles. The zero-order valence-electron chi connectivity index (χ0n) is 14.2. The summed E-state index contributed by atoms with van der Waals surface area (Å²) in [5, 5.41) is 0. The maximum absolute atomic E-state index is 12.9. The third-order valence-electron chi connectivity index (χ3n) is 3.68. The Balaban J connectivity index is 2.61. The number of ketones is 1. The number of hydrogen-bond donors (Lipinski definition) is 0. The Morgan fingerprint density at radius 2 is 1.60 bits per heavy atom. The van der Waals surface area contributed by atoms with Crippen molar-refractivity contribution in [1.29, 1.82) is 0 Å². The minimum absolute atomic E-state index is 0.251. The third kappa shape index (κ3) is 4.20. The van der Waals surface area contributed by atoms with Gasteiger partial charge in [-0.05, 0) is 36.3 Å². The summed E-state index contributed by atoms with van der Waals surface area (Å²) < 4.78 is 9.34. The Morgan fingerprint density at radius 1 is 0.920 bits per heavy atom. The monoisotopic (exact) mass is 338 g/mol. The van der Waals surface area contributed by atoms with E-state index in [-0.39, 0.29) is 11.3 Å². The topological polar surface area (TPSA) is 69.7 Å². The highest BCUT2D eigenvalue weighted by Gasteiger charge is 2.18. The van der Waals surface area contributed by atoms with Gasteiger partial charge in [-0.1, -0.05) is 30.3 Å². The first-order valence-corrected chi connectivity index (χ1v) is 7.56. The van der Waals surface area contributed by atoms with Crippen molar-refractivity contribution >= 4 is 23.8 Å². The van der Waals surface area contributed by atoms with Gasteiger partial charge in [-0.25, -0.2) is 9.59 Å². The van der Waals surface area contributed by atoms with E-state index in [4.69, 9.17) is 4.74 Å². The molecule has 0 bridgehead atoms. The van der Waals surface area contributed by atoms with Crippen LogP contribution in [0.1, 0.15) is 37.4 Å². The molecule has 0 aliphatic rings. The fourth-order valence-corrected chi connectivity index (χ4v) is 2.41. The van der Waals surface area contributed by atoms with Crippen molar-refractivity contribution in [3.8, 4) is 0 Å². The van der Waals surface area contributed by atoms with E-state index >= 15 is 0 Å². The van der Waals surface area contributed by atoms with Gasteiger partial charge in [-0.3, -0.25) is 4.79 Å². The molecule has 5 heteroatoms. The number of esters is 2. The lowest BCUT2D eigenvalue weighted by atomic mass is 9.92. The van der Waals surface area contributed by atoms with Crippen LogP contribution in [-0.4, -0.2) is 31.9 Å². The van der Waals surface area contributed by atoms with Crippen LogP contribution in [-0.2, 0) is 14.3 Å². The van der Waals surface area contributed by atoms with Crippen LogP contribution in [0.3, 0.4) is 0 Å². The number of hydrogen-bond acceptors (Lipinski definition) is 5. The molecule has 0 saturated carbocycles. The summed E-state index contributed by atoms with van der Waals surface area (Å²) in [6.07, 6.45) is 2.75. The molecule has 0 amide bonds. The van der Waals surface area contributed by atoms with Gasteiger partial charge in [0.05, 0.1) is 19.8 Å². The number of rotatable bonds is 5. The number of benzene rings is 2. The Hall–Kier alpha value is -3.21. The second-order valence-electron chi connectivity index (χ2n) is 5.30. The number of carbonyl (C=O) groups excluding carboxylic acids is 3. The molecule has 0 aromatic heterocycles. The van der Waals surface area contributed by atoms with Crippen molar-refractivity contribution in [2.45, 2.75) is 6.92 Å². The van der Waals surface area contributed by atoms with E-state index in [1.54, 1.807) is 37.3 Å². The molecule has 0 spiro atoms. The summed E-state index contributed by atoms with van der Waals surface area (Å²) >= 11 is 0. The number of ether oxygens (including phenoxy) is 2. The first-order valence-electron chi connectivity index (χ1n) is 7.56. The lowest BCUT2D eigenvalue weighted by molar-refractivity contribution is -0.134. The quantitative estimate of drug-likeness (QED) is 0.476. The molecule has 2 aromatic rings. The van der Waals surface area contributed by atoms with Gasteiger partial charge < -0.3 is 9.47 Å². The van der Waals surface area contributed by atoms with Gasteiger partial charge in [0.2, 0.25) is 0 Å². The molecule has 0 fully saturated rings. The van der Waals surface area contributed by atoms with Gasteiger partial charge in [0.15, 0.2) is 5.78 Å². The van der Waals surface area contributed by atoms with Crippen molar-refractivity contribution in [3.63, 3.8) is 0 Å². The summed E-state index contributed by atoms with van der Waals surface area (Å²) in [7, 11) is 2.55. The van der Waals surface area contributed by atoms with E-state index in [1.165, 1.54) is 32.4 Å². The molecule has 128 valence electrons. The molecule has 2 aromatic carbocycles. The van der Waals surface area contributed by atoms with Crippen molar-refractivity contribution in [1.82, 2.24) is 0 Å². The Labute approximate surface area is 145 Å². The normalized spacial score (nSPS) is 10.5. The lowest BCUT2D eigenvalue weighted by Crippen LogP contribution is -2.10. The van der Waals surface area contributed by atoms with Gasteiger partial charge in [-0.2, -0.15) is 0 Å². The highest BCUT2D eigenvalue weighted by atomic mass is 16.5. The van der Waals surface area contributed by atoms with Gasteiger partial charge in [0, 0.05) is 17.2 Å². The molecule has 0 N–H and O–H groups in total. The van der Waals surface area contributed by atoms with Gasteiger partial charge >= 0.3 is 11.9 Å². The molecular formula is C20H18O5. The molecule has 5 nitrogen and oxygen atoms in total. The highest BCUT2D eigenvalue weighted by Crippen LogP contribution is 2.23. The number of aryl methyl sites for hydroxylation is 1. The van der Waals surface area contributed by atoms with E-state index in [1.807, 2.05) is 6.07 Å². The molecule has 0 aliphatic carbocycles. The zero-order chi connectivity index (χ0) is 18.4. The van der Waals surface area contributed by atoms with Crippen LogP contribution >= 0.6 is 0 Å². The van der Waals surface area contributed by atoms with E-state index in [0.29, 0.717) is 22.3 Å². The summed E-state index contributed by atoms with van der Waals surface area (Å²) in [6.45, 7) is 1.76. The summed E-state index contributed by atoms with van der Waals surface area (Å²) in [5.74, 6) is -1.32. The van der Waals surface area contributed by atoms with Crippen LogP contribution in [0.15, 0.2) is 48.5 Å². The average molecular weight is 338 g/mol. The minimum atomic E-state index is -0.534. The smallest absolute Gasteiger partial charge is 0.337 e. The predicted octanol–water partition coefficient (Wildman–Crippen LogP) is 3.20. The minimum Gasteiger partial charge on any atom is -0.466 e. The number of carbonyl (C=O) groups is 3. The summed E-state index contributed by atoms with van der Waals surface area (Å²) in [4.78, 5) is 36.2. The predicted molar refractivity (Wildman–Crippen MR) is 93.4 cm³/mol. The van der Waals surface area contributed by atoms with Crippen LogP contribution in [0, 0.1) is 6.92 Å². The Bertz CT molecular complexity index is 835. The van der Waals surface area contributed by atoms with Crippen LogP contribution in [0.25, 0.3) is 6.08 Å². The van der Waals surface area contributed by atoms with Gasteiger partial charge in [-0.15, -0.1) is 0 Å². The highest BCUT2D eigenvalue weighted by molar-refractivity contribution is 6.12. The van der Waals surface area contributed by atoms with E-state index in [2.05, 4.69) is 4.74 Å². The number of methoxy groups -OCH3 is 2. The summed E-state index contributed by atoms with van der Waals surface area (Å²) in [6, 6.07) is 11.8. The van der Waals surface area contributed by atoms with Crippen molar-refractivity contribution in [2.24, 2.45) is 0 Å². The van der Waals surface area contributed by atoms with E-state index < -0.39 is 11.9 Å². The Morgan fingerprint density at radius 3 is 2.20 bits per heavy atom. The molecule has 0 aliphatic heterocycles. The first-order chi connectivity index (χ1) is 12.0. The molecular weight excluding hydrogens is 320 g/mol. The largest absolute Gasteiger partial charge is 0.466 e. The molecule has 0 radical (unpaired) electrons. The maximum atomic E-state index is 12.9. The van der Waals surface area contributed by atoms with E-state index in [9.17, 15) is 14.4 Å². The lowest BCUT2D eigenvalue weighted by Gasteiger charge is -2.11. The van der Waals surface area contributed by atoms with Crippen LogP contribution in [0.2, 0.25) is 0 Å². The summed E-state index contributed by atoms with van der Waals surface area (Å²) in [5.41, 5.74) is 2.28. The second-order valence-corrected chi connectivity index (χ2v) is 5.30.